The predicted octanol–water partition coefficient (Wildman–Crippen LogP) is 22.4. The molecule has 0 spiro atoms. The largest absolute Gasteiger partial charge is 0.477 e. The van der Waals surface area contributed by atoms with Gasteiger partial charge in [-0.15, -0.1) is 0 Å². The standard InChI is InChI=1S/C74H139NO8/c1-6-8-10-12-14-16-18-20-22-24-25-26-27-28-29-30-31-32-33-34-35-36-37-38-39-40-41-42-43-44-45-46-47-49-50-52-54-56-58-60-62-64-71(76)81-68-70(69-82-74(73(78)79)80-67-66-75(3,4)5)83-72(77)65-63-61-59-57-55-53-51-48-23-21-19-17-15-13-11-9-7-2/h15,17,21,23-25,70,74H,6-14,16,18-20,22,26-69H2,1-5H3/p+1/b17-15-,23-21-,25-24-. The van der Waals surface area contributed by atoms with Crippen LogP contribution < -0.4 is 0 Å². The second-order valence-electron chi connectivity index (χ2n) is 25.9. The number of ether oxygens (including phenoxy) is 4. The van der Waals surface area contributed by atoms with E-state index in [4.69, 9.17) is 18.9 Å². The van der Waals surface area contributed by atoms with Gasteiger partial charge in [-0.2, -0.15) is 0 Å². The zero-order valence-electron chi connectivity index (χ0n) is 55.9. The zero-order valence-corrected chi connectivity index (χ0v) is 55.9. The molecule has 9 heteroatoms. The number of carbonyl (C=O) groups is 3. The minimum Gasteiger partial charge on any atom is -0.477 e. The molecular weight excluding hydrogens is 1030 g/mol. The Balaban J connectivity index is 3.89. The maximum Gasteiger partial charge on any atom is 0.361 e. The molecule has 83 heavy (non-hydrogen) atoms. The first-order chi connectivity index (χ1) is 40.6. The topological polar surface area (TPSA) is 108 Å². The summed E-state index contributed by atoms with van der Waals surface area (Å²) in [5.74, 6) is -1.99. The predicted molar refractivity (Wildman–Crippen MR) is 355 cm³/mol. The molecule has 0 bridgehead atoms. The fourth-order valence-electron chi connectivity index (χ4n) is 10.8. The second kappa shape index (κ2) is 65.5. The average molecular weight is 1170 g/mol. The van der Waals surface area contributed by atoms with E-state index in [9.17, 15) is 19.5 Å². The van der Waals surface area contributed by atoms with Crippen LogP contribution in [0.3, 0.4) is 0 Å². The second-order valence-corrected chi connectivity index (χ2v) is 25.9. The Morgan fingerprint density at radius 3 is 0.988 bits per heavy atom. The molecule has 0 aromatic carbocycles. The van der Waals surface area contributed by atoms with Crippen LogP contribution in [-0.2, 0) is 33.3 Å². The van der Waals surface area contributed by atoms with Crippen molar-refractivity contribution < 1.29 is 42.9 Å². The quantitative estimate of drug-likeness (QED) is 0.0211. The molecule has 0 rings (SSSR count). The fraction of sp³-hybridized carbons (Fsp3) is 0.878. The van der Waals surface area contributed by atoms with Crippen molar-refractivity contribution in [2.45, 2.75) is 373 Å². The number of allylic oxidation sites excluding steroid dienone is 6. The number of hydrogen-bond acceptors (Lipinski definition) is 7. The number of hydrogen-bond donors (Lipinski definition) is 1. The van der Waals surface area contributed by atoms with Gasteiger partial charge in [0.1, 0.15) is 13.2 Å². The van der Waals surface area contributed by atoms with E-state index in [1.165, 1.54) is 276 Å². The van der Waals surface area contributed by atoms with Gasteiger partial charge in [-0.3, -0.25) is 9.59 Å². The number of esters is 2. The van der Waals surface area contributed by atoms with Gasteiger partial charge in [0.15, 0.2) is 6.10 Å². The third kappa shape index (κ3) is 66.9. The van der Waals surface area contributed by atoms with Crippen molar-refractivity contribution >= 4 is 17.9 Å². The van der Waals surface area contributed by atoms with E-state index in [1.54, 1.807) is 0 Å². The average Bonchev–Trinajstić information content (AvgIpc) is 3.46. The first-order valence-electron chi connectivity index (χ1n) is 36.2. The number of carboxylic acids is 1. The summed E-state index contributed by atoms with van der Waals surface area (Å²) >= 11 is 0. The van der Waals surface area contributed by atoms with Gasteiger partial charge < -0.3 is 28.5 Å². The number of rotatable bonds is 68. The lowest BCUT2D eigenvalue weighted by Crippen LogP contribution is -2.40. The van der Waals surface area contributed by atoms with Gasteiger partial charge in [-0.1, -0.05) is 314 Å². The molecule has 0 saturated heterocycles. The van der Waals surface area contributed by atoms with Crippen molar-refractivity contribution in [2.24, 2.45) is 0 Å². The summed E-state index contributed by atoms with van der Waals surface area (Å²) in [5.41, 5.74) is 0. The van der Waals surface area contributed by atoms with Crippen LogP contribution >= 0.6 is 0 Å². The molecule has 0 aliphatic carbocycles. The normalized spacial score (nSPS) is 12.8. The maximum atomic E-state index is 12.9. The number of carboxylic acid groups (broad SMARTS) is 1. The third-order valence-electron chi connectivity index (χ3n) is 16.4. The Morgan fingerprint density at radius 1 is 0.361 bits per heavy atom. The molecule has 0 fully saturated rings. The van der Waals surface area contributed by atoms with E-state index < -0.39 is 24.3 Å². The Kier molecular flexibility index (Phi) is 63.5. The van der Waals surface area contributed by atoms with Crippen molar-refractivity contribution in [3.05, 3.63) is 36.5 Å². The van der Waals surface area contributed by atoms with E-state index in [2.05, 4.69) is 50.3 Å². The highest BCUT2D eigenvalue weighted by Gasteiger charge is 2.25. The first kappa shape index (κ1) is 80.5. The summed E-state index contributed by atoms with van der Waals surface area (Å²) in [7, 11) is 5.98. The lowest BCUT2D eigenvalue weighted by molar-refractivity contribution is -0.870. The smallest absolute Gasteiger partial charge is 0.361 e. The van der Waals surface area contributed by atoms with Crippen LogP contribution in [0.5, 0.6) is 0 Å². The molecule has 0 heterocycles. The molecule has 9 nitrogen and oxygen atoms in total. The molecule has 0 saturated carbocycles. The number of unbranched alkanes of at least 4 members (excludes halogenated alkanes) is 47. The van der Waals surface area contributed by atoms with E-state index in [0.29, 0.717) is 23.9 Å². The van der Waals surface area contributed by atoms with Crippen LogP contribution in [0.1, 0.15) is 361 Å². The highest BCUT2D eigenvalue weighted by molar-refractivity contribution is 5.71. The maximum absolute atomic E-state index is 12.9. The number of aliphatic carboxylic acids is 1. The third-order valence-corrected chi connectivity index (χ3v) is 16.4. The molecule has 0 aromatic rings. The van der Waals surface area contributed by atoms with E-state index in [1.807, 2.05) is 21.1 Å². The van der Waals surface area contributed by atoms with Crippen LogP contribution in [0.2, 0.25) is 0 Å². The Labute approximate surface area is 515 Å². The van der Waals surface area contributed by atoms with Gasteiger partial charge in [0, 0.05) is 12.8 Å². The molecule has 2 atom stereocenters. The molecule has 0 aliphatic rings. The summed E-state index contributed by atoms with van der Waals surface area (Å²) in [5, 5.41) is 9.72. The molecule has 2 unspecified atom stereocenters. The van der Waals surface area contributed by atoms with Crippen molar-refractivity contribution in [3.63, 3.8) is 0 Å². The zero-order chi connectivity index (χ0) is 60.5. The van der Waals surface area contributed by atoms with Crippen molar-refractivity contribution in [1.82, 2.24) is 0 Å². The molecule has 0 aromatic heterocycles. The molecular formula is C74H140NO8+. The number of quaternary nitrogens is 1. The summed E-state index contributed by atoms with van der Waals surface area (Å²) in [6.45, 7) is 4.89. The van der Waals surface area contributed by atoms with Gasteiger partial charge in [0.2, 0.25) is 0 Å². The Bertz CT molecular complexity index is 1450. The number of nitrogens with zero attached hydrogens (tertiary/aromatic N) is 1. The lowest BCUT2D eigenvalue weighted by Gasteiger charge is -2.25. The van der Waals surface area contributed by atoms with E-state index in [0.717, 1.165) is 51.4 Å². The molecule has 0 radical (unpaired) electrons. The van der Waals surface area contributed by atoms with Gasteiger partial charge in [-0.05, 0) is 70.6 Å². The minimum absolute atomic E-state index is 0.181. The van der Waals surface area contributed by atoms with Crippen LogP contribution in [0, 0.1) is 0 Å². The molecule has 488 valence electrons. The van der Waals surface area contributed by atoms with Crippen LogP contribution in [-0.4, -0.2) is 87.4 Å². The first-order valence-corrected chi connectivity index (χ1v) is 36.2. The Hall–Kier alpha value is -2.49. The SMILES string of the molecule is CCCCC/C=C\C/C=C\CCCCCCCCCC(=O)OC(COC(=O)CCCCCCCCCCCCCCCCCCCCCCCCCCCCCCC/C=C\CCCCCCCCCC)COC(OCC[N+](C)(C)C)C(=O)O. The molecule has 1 N–H and O–H groups in total. The summed E-state index contributed by atoms with van der Waals surface area (Å²) < 4.78 is 22.9. The van der Waals surface area contributed by atoms with Gasteiger partial charge in [0.05, 0.1) is 34.4 Å². The van der Waals surface area contributed by atoms with Crippen molar-refractivity contribution in [3.8, 4) is 0 Å². The van der Waals surface area contributed by atoms with E-state index >= 15 is 0 Å². The lowest BCUT2D eigenvalue weighted by atomic mass is 10.0. The number of carbonyl (C=O) groups excluding carboxylic acids is 2. The summed E-state index contributed by atoms with van der Waals surface area (Å²) in [6.07, 6.45) is 80.1. The molecule has 0 amide bonds. The highest BCUT2D eigenvalue weighted by atomic mass is 16.7. The van der Waals surface area contributed by atoms with Crippen LogP contribution in [0.15, 0.2) is 36.5 Å². The summed E-state index contributed by atoms with van der Waals surface area (Å²) in [4.78, 5) is 37.5. The number of likely N-dealkylation sites (N-methyl/N-ethyl adjacent to an activating group) is 1. The highest BCUT2D eigenvalue weighted by Crippen LogP contribution is 2.19. The monoisotopic (exact) mass is 1170 g/mol. The van der Waals surface area contributed by atoms with Crippen LogP contribution in [0.4, 0.5) is 0 Å². The Morgan fingerprint density at radius 2 is 0.651 bits per heavy atom. The van der Waals surface area contributed by atoms with Crippen molar-refractivity contribution in [2.75, 3.05) is 47.5 Å². The van der Waals surface area contributed by atoms with Gasteiger partial charge in [-0.25, -0.2) is 4.79 Å². The van der Waals surface area contributed by atoms with Gasteiger partial charge >= 0.3 is 17.9 Å². The minimum atomic E-state index is -1.51. The molecule has 0 aliphatic heterocycles. The summed E-state index contributed by atoms with van der Waals surface area (Å²) in [6, 6.07) is 0. The van der Waals surface area contributed by atoms with Crippen molar-refractivity contribution in [1.29, 1.82) is 0 Å². The van der Waals surface area contributed by atoms with Gasteiger partial charge in [0.25, 0.3) is 6.29 Å². The van der Waals surface area contributed by atoms with Crippen LogP contribution in [0.25, 0.3) is 0 Å². The van der Waals surface area contributed by atoms with E-state index in [-0.39, 0.29) is 32.2 Å². The fourth-order valence-corrected chi connectivity index (χ4v) is 10.8.